The van der Waals surface area contributed by atoms with Gasteiger partial charge < -0.3 is 15.5 Å². The maximum atomic E-state index is 12.2. The van der Waals surface area contributed by atoms with Gasteiger partial charge >= 0.3 is 0 Å². The lowest BCUT2D eigenvalue weighted by atomic mass is 10.1. The van der Waals surface area contributed by atoms with Crippen LogP contribution in [0, 0.1) is 6.92 Å². The van der Waals surface area contributed by atoms with E-state index < -0.39 is 11.9 Å². The van der Waals surface area contributed by atoms with Gasteiger partial charge in [0.2, 0.25) is 12.2 Å². The van der Waals surface area contributed by atoms with Crippen LogP contribution in [0.15, 0.2) is 41.3 Å². The van der Waals surface area contributed by atoms with Crippen LogP contribution in [0.25, 0.3) is 5.57 Å². The molecular weight excluding hydrogens is 258 g/mol. The molecule has 1 atom stereocenters. The van der Waals surface area contributed by atoms with Gasteiger partial charge in [-0.3, -0.25) is 4.79 Å². The number of hydrogen-bond acceptors (Lipinski definition) is 5. The van der Waals surface area contributed by atoms with E-state index in [0.717, 1.165) is 10.1 Å². The van der Waals surface area contributed by atoms with Gasteiger partial charge in [-0.15, -0.1) is 0 Å². The Morgan fingerprint density at radius 1 is 1.30 bits per heavy atom. The zero-order valence-electron chi connectivity index (χ0n) is 10.7. The summed E-state index contributed by atoms with van der Waals surface area (Å²) in [7, 11) is 0. The minimum absolute atomic E-state index is 0.101. The first-order valence-corrected chi connectivity index (χ1v) is 6.12. The highest BCUT2D eigenvalue weighted by Crippen LogP contribution is 2.26. The molecule has 0 saturated heterocycles. The summed E-state index contributed by atoms with van der Waals surface area (Å²) >= 11 is 0. The smallest absolute Gasteiger partial charge is 0.264 e. The highest BCUT2D eigenvalue weighted by atomic mass is 16.3. The molecule has 0 fully saturated rings. The zero-order chi connectivity index (χ0) is 14.3. The Kier molecular flexibility index (Phi) is 2.80. The number of hydrogen-bond donors (Lipinski definition) is 3. The predicted octanol–water partition coefficient (Wildman–Crippen LogP) is 0.698. The molecule has 0 spiro atoms. The number of fused-ring (bicyclic) bond motifs is 1. The number of aromatic hydroxyl groups is 1. The van der Waals surface area contributed by atoms with Crippen molar-refractivity contribution in [2.75, 3.05) is 0 Å². The molecule has 2 aromatic rings. The largest absolute Gasteiger partial charge is 0.493 e. The van der Waals surface area contributed by atoms with Gasteiger partial charge in [0.05, 0.1) is 5.56 Å². The molecule has 102 valence electrons. The summed E-state index contributed by atoms with van der Waals surface area (Å²) in [5.41, 5.74) is 1.08. The quantitative estimate of drug-likeness (QED) is 0.710. The summed E-state index contributed by atoms with van der Waals surface area (Å²) in [5.74, 6) is -0.0901. The Hall–Kier alpha value is -2.60. The van der Waals surface area contributed by atoms with Crippen molar-refractivity contribution in [3.8, 4) is 5.88 Å². The molecule has 3 N–H and O–H groups in total. The van der Waals surface area contributed by atoms with E-state index in [2.05, 4.69) is 10.3 Å². The molecule has 0 radical (unpaired) electrons. The number of aliphatic hydroxyl groups is 1. The van der Waals surface area contributed by atoms with Crippen LogP contribution in [-0.2, 0) is 0 Å². The minimum atomic E-state index is -1.20. The van der Waals surface area contributed by atoms with Crippen LogP contribution in [0.1, 0.15) is 23.3 Å². The monoisotopic (exact) mass is 271 g/mol. The molecule has 2 heterocycles. The van der Waals surface area contributed by atoms with E-state index in [9.17, 15) is 15.0 Å². The van der Waals surface area contributed by atoms with Crippen molar-refractivity contribution < 1.29 is 10.2 Å². The molecule has 1 unspecified atom stereocenters. The number of nitrogens with one attached hydrogen (secondary N) is 1. The molecule has 0 saturated carbocycles. The highest BCUT2D eigenvalue weighted by molar-refractivity contribution is 5.77. The van der Waals surface area contributed by atoms with Gasteiger partial charge in [-0.2, -0.15) is 4.98 Å². The van der Waals surface area contributed by atoms with Gasteiger partial charge in [-0.05, 0) is 12.5 Å². The van der Waals surface area contributed by atoms with Gasteiger partial charge in [0.15, 0.2) is 5.82 Å². The third kappa shape index (κ3) is 1.78. The molecule has 3 rings (SSSR count). The van der Waals surface area contributed by atoms with Crippen LogP contribution in [0.3, 0.4) is 0 Å². The van der Waals surface area contributed by atoms with Crippen LogP contribution >= 0.6 is 0 Å². The fourth-order valence-electron chi connectivity index (χ4n) is 2.15. The Balaban J connectivity index is 2.28. The van der Waals surface area contributed by atoms with Crippen LogP contribution in [0.2, 0.25) is 0 Å². The Morgan fingerprint density at radius 3 is 2.70 bits per heavy atom. The summed E-state index contributed by atoms with van der Waals surface area (Å²) in [6, 6.07) is 9.31. The standard InChI is InChI=1S/C14H13N3O3/c1-8-12(18)16-11-10(9-5-3-2-4-6-9)7-15-14(20)17(11)13(8)19/h2-7,14-15,18,20H,1H3. The summed E-state index contributed by atoms with van der Waals surface area (Å²) in [5, 5.41) is 22.4. The third-order valence-corrected chi connectivity index (χ3v) is 3.26. The molecule has 6 heteroatoms. The first-order valence-electron chi connectivity index (χ1n) is 6.12. The fraction of sp³-hybridized carbons (Fsp3) is 0.143. The zero-order valence-corrected chi connectivity index (χ0v) is 10.7. The predicted molar refractivity (Wildman–Crippen MR) is 72.8 cm³/mol. The first kappa shape index (κ1) is 12.4. The third-order valence-electron chi connectivity index (χ3n) is 3.26. The molecule has 0 amide bonds. The Morgan fingerprint density at radius 2 is 2.00 bits per heavy atom. The summed E-state index contributed by atoms with van der Waals surface area (Å²) in [6.45, 7) is 1.46. The molecule has 1 aromatic heterocycles. The second kappa shape index (κ2) is 4.50. The molecule has 0 aliphatic carbocycles. The van der Waals surface area contributed by atoms with E-state index >= 15 is 0 Å². The van der Waals surface area contributed by atoms with Crippen molar-refractivity contribution in [2.45, 2.75) is 13.3 Å². The van der Waals surface area contributed by atoms with E-state index in [1.807, 2.05) is 30.3 Å². The second-order valence-corrected chi connectivity index (χ2v) is 4.52. The molecule has 20 heavy (non-hydrogen) atoms. The molecule has 0 bridgehead atoms. The van der Waals surface area contributed by atoms with Gasteiger partial charge in [-0.1, -0.05) is 30.3 Å². The van der Waals surface area contributed by atoms with Gasteiger partial charge in [0.25, 0.3) is 5.56 Å². The molecule has 1 aromatic carbocycles. The van der Waals surface area contributed by atoms with Crippen LogP contribution in [-0.4, -0.2) is 19.8 Å². The van der Waals surface area contributed by atoms with Gasteiger partial charge in [-0.25, -0.2) is 4.57 Å². The number of nitrogens with zero attached hydrogens (tertiary/aromatic N) is 2. The van der Waals surface area contributed by atoms with E-state index in [4.69, 9.17) is 0 Å². The Labute approximate surface area is 114 Å². The SMILES string of the molecule is Cc1c(O)nc2n(c1=O)C(O)NC=C2c1ccccc1. The van der Waals surface area contributed by atoms with Gasteiger partial charge in [0.1, 0.15) is 0 Å². The number of aliphatic hydroxyl groups excluding tert-OH is 1. The fourth-order valence-corrected chi connectivity index (χ4v) is 2.15. The molecule has 1 aliphatic rings. The van der Waals surface area contributed by atoms with Crippen molar-refractivity contribution in [1.29, 1.82) is 0 Å². The summed E-state index contributed by atoms with van der Waals surface area (Å²) < 4.78 is 1.12. The number of aromatic nitrogens is 2. The van der Waals surface area contributed by atoms with Crippen molar-refractivity contribution >= 4 is 5.57 Å². The van der Waals surface area contributed by atoms with Crippen molar-refractivity contribution in [2.24, 2.45) is 0 Å². The summed E-state index contributed by atoms with van der Waals surface area (Å²) in [6.07, 6.45) is 0.382. The van der Waals surface area contributed by atoms with Gasteiger partial charge in [0, 0.05) is 11.8 Å². The maximum Gasteiger partial charge on any atom is 0.264 e. The molecule has 1 aliphatic heterocycles. The Bertz CT molecular complexity index is 750. The topological polar surface area (TPSA) is 87.4 Å². The van der Waals surface area contributed by atoms with E-state index in [0.29, 0.717) is 5.57 Å². The number of benzene rings is 1. The number of rotatable bonds is 1. The van der Waals surface area contributed by atoms with Crippen molar-refractivity contribution in [3.05, 3.63) is 63.8 Å². The lowest BCUT2D eigenvalue weighted by molar-refractivity contribution is 0.0733. The normalized spacial score (nSPS) is 17.1. The van der Waals surface area contributed by atoms with Crippen LogP contribution < -0.4 is 10.9 Å². The lowest BCUT2D eigenvalue weighted by Crippen LogP contribution is -2.38. The molecule has 6 nitrogen and oxygen atoms in total. The highest BCUT2D eigenvalue weighted by Gasteiger charge is 2.24. The van der Waals surface area contributed by atoms with Crippen LogP contribution in [0.5, 0.6) is 5.88 Å². The summed E-state index contributed by atoms with van der Waals surface area (Å²) in [4.78, 5) is 16.2. The average molecular weight is 271 g/mol. The molecular formula is C14H13N3O3. The maximum absolute atomic E-state index is 12.2. The average Bonchev–Trinajstić information content (AvgIpc) is 2.46. The van der Waals surface area contributed by atoms with Crippen molar-refractivity contribution in [3.63, 3.8) is 0 Å². The van der Waals surface area contributed by atoms with E-state index in [1.165, 1.54) is 6.92 Å². The van der Waals surface area contributed by atoms with E-state index in [-0.39, 0.29) is 17.3 Å². The van der Waals surface area contributed by atoms with Crippen molar-refractivity contribution in [1.82, 2.24) is 14.9 Å². The van der Waals surface area contributed by atoms with Crippen LogP contribution in [0.4, 0.5) is 0 Å². The minimum Gasteiger partial charge on any atom is -0.493 e. The lowest BCUT2D eigenvalue weighted by Gasteiger charge is -2.25. The van der Waals surface area contributed by atoms with E-state index in [1.54, 1.807) is 6.20 Å². The second-order valence-electron chi connectivity index (χ2n) is 4.52. The first-order chi connectivity index (χ1) is 9.59.